The Bertz CT molecular complexity index is 885. The van der Waals surface area contributed by atoms with Crippen LogP contribution in [0.15, 0.2) is 35.2 Å². The van der Waals surface area contributed by atoms with E-state index in [1.54, 1.807) is 18.2 Å². The van der Waals surface area contributed by atoms with Gasteiger partial charge in [-0.05, 0) is 56.5 Å². The molecule has 0 aliphatic carbocycles. The van der Waals surface area contributed by atoms with Crippen LogP contribution in [0.25, 0.3) is 0 Å². The highest BCUT2D eigenvalue weighted by molar-refractivity contribution is 7.93. The number of hydrogen-bond donors (Lipinski definition) is 1. The zero-order valence-electron chi connectivity index (χ0n) is 13.9. The summed E-state index contributed by atoms with van der Waals surface area (Å²) in [5.41, 5.74) is 3.55. The van der Waals surface area contributed by atoms with Gasteiger partial charge in [-0.25, -0.2) is 8.42 Å². The molecule has 1 aliphatic heterocycles. The Kier molecular flexibility index (Phi) is 4.36. The topological polar surface area (TPSA) is 57.6 Å². The van der Waals surface area contributed by atoms with Crippen molar-refractivity contribution in [3.05, 3.63) is 57.6 Å². The fourth-order valence-electron chi connectivity index (χ4n) is 3.47. The van der Waals surface area contributed by atoms with Gasteiger partial charge in [-0.15, -0.1) is 0 Å². The predicted molar refractivity (Wildman–Crippen MR) is 96.2 cm³/mol. The molecule has 1 aliphatic rings. The standard InChI is InChI=1S/C18H20ClNO3S/c1-11-8-12(2)18(13(3)9-11)24(22,23)20-7-6-17(21)15-10-14(19)4-5-16(15)20/h4-5,8-10,17,21H,6-7H2,1-3H3. The van der Waals surface area contributed by atoms with E-state index < -0.39 is 16.1 Å². The summed E-state index contributed by atoms with van der Waals surface area (Å²) < 4.78 is 28.0. The fraction of sp³-hybridized carbons (Fsp3) is 0.333. The number of rotatable bonds is 2. The molecule has 2 aromatic rings. The lowest BCUT2D eigenvalue weighted by Crippen LogP contribution is -2.37. The molecule has 0 bridgehead atoms. The van der Waals surface area contributed by atoms with E-state index in [4.69, 9.17) is 11.6 Å². The van der Waals surface area contributed by atoms with Gasteiger partial charge in [0.15, 0.2) is 0 Å². The molecule has 2 aromatic carbocycles. The highest BCUT2D eigenvalue weighted by Crippen LogP contribution is 2.39. The third kappa shape index (κ3) is 2.81. The highest BCUT2D eigenvalue weighted by Gasteiger charge is 2.34. The van der Waals surface area contributed by atoms with E-state index in [0.29, 0.717) is 27.6 Å². The van der Waals surface area contributed by atoms with Crippen LogP contribution in [-0.2, 0) is 10.0 Å². The maximum Gasteiger partial charge on any atom is 0.264 e. The zero-order valence-corrected chi connectivity index (χ0v) is 15.4. The molecule has 1 heterocycles. The lowest BCUT2D eigenvalue weighted by atomic mass is 10.0. The molecule has 1 atom stereocenters. The van der Waals surface area contributed by atoms with Crippen molar-refractivity contribution in [1.82, 2.24) is 0 Å². The van der Waals surface area contributed by atoms with Crippen LogP contribution in [0.2, 0.25) is 5.02 Å². The monoisotopic (exact) mass is 365 g/mol. The molecule has 4 nitrogen and oxygen atoms in total. The van der Waals surface area contributed by atoms with E-state index in [1.807, 2.05) is 32.9 Å². The van der Waals surface area contributed by atoms with E-state index in [0.717, 1.165) is 16.7 Å². The Morgan fingerprint density at radius 3 is 2.38 bits per heavy atom. The third-order valence-corrected chi connectivity index (χ3v) is 6.73. The smallest absolute Gasteiger partial charge is 0.264 e. The average molecular weight is 366 g/mol. The van der Waals surface area contributed by atoms with Gasteiger partial charge in [0.05, 0.1) is 16.7 Å². The molecule has 0 saturated heterocycles. The molecule has 0 amide bonds. The number of aliphatic hydroxyl groups is 1. The van der Waals surface area contributed by atoms with E-state index in [1.165, 1.54) is 4.31 Å². The normalized spacial score (nSPS) is 17.7. The van der Waals surface area contributed by atoms with Gasteiger partial charge < -0.3 is 5.11 Å². The number of aliphatic hydroxyl groups excluding tert-OH is 1. The maximum absolute atomic E-state index is 13.3. The molecule has 1 unspecified atom stereocenters. The Hall–Kier alpha value is -1.56. The van der Waals surface area contributed by atoms with Gasteiger partial charge >= 0.3 is 0 Å². The number of halogens is 1. The molecule has 0 aromatic heterocycles. The van der Waals surface area contributed by atoms with Crippen LogP contribution in [-0.4, -0.2) is 20.1 Å². The van der Waals surface area contributed by atoms with Gasteiger partial charge in [-0.3, -0.25) is 4.31 Å². The summed E-state index contributed by atoms with van der Waals surface area (Å²) in [4.78, 5) is 0.338. The van der Waals surface area contributed by atoms with Gasteiger partial charge in [0.2, 0.25) is 0 Å². The number of benzene rings is 2. The van der Waals surface area contributed by atoms with Crippen LogP contribution in [0.3, 0.4) is 0 Å². The van der Waals surface area contributed by atoms with Crippen molar-refractivity contribution < 1.29 is 13.5 Å². The van der Waals surface area contributed by atoms with Gasteiger partial charge in [-0.2, -0.15) is 0 Å². The number of fused-ring (bicyclic) bond motifs is 1. The first-order chi connectivity index (χ1) is 11.2. The fourth-order valence-corrected chi connectivity index (χ4v) is 5.57. The van der Waals surface area contributed by atoms with Crippen molar-refractivity contribution in [3.8, 4) is 0 Å². The third-order valence-electron chi connectivity index (χ3n) is 4.38. The van der Waals surface area contributed by atoms with Crippen molar-refractivity contribution in [2.75, 3.05) is 10.8 Å². The number of anilines is 1. The first-order valence-corrected chi connectivity index (χ1v) is 9.61. The Balaban J connectivity index is 2.18. The van der Waals surface area contributed by atoms with Crippen LogP contribution in [0.4, 0.5) is 5.69 Å². The van der Waals surface area contributed by atoms with Crippen LogP contribution >= 0.6 is 11.6 Å². The van der Waals surface area contributed by atoms with Crippen molar-refractivity contribution in [2.45, 2.75) is 38.2 Å². The molecule has 0 fully saturated rings. The summed E-state index contributed by atoms with van der Waals surface area (Å²) in [5, 5.41) is 10.7. The molecule has 1 N–H and O–H groups in total. The summed E-state index contributed by atoms with van der Waals surface area (Å²) in [5.74, 6) is 0. The minimum atomic E-state index is -3.71. The van der Waals surface area contributed by atoms with Gasteiger partial charge in [0.1, 0.15) is 0 Å². The van der Waals surface area contributed by atoms with Crippen molar-refractivity contribution in [3.63, 3.8) is 0 Å². The van der Waals surface area contributed by atoms with Crippen molar-refractivity contribution in [1.29, 1.82) is 0 Å². The SMILES string of the molecule is Cc1cc(C)c(S(=O)(=O)N2CCC(O)c3cc(Cl)ccc32)c(C)c1. The number of nitrogens with zero attached hydrogens (tertiary/aromatic N) is 1. The number of aryl methyl sites for hydroxylation is 3. The summed E-state index contributed by atoms with van der Waals surface area (Å²) in [6.07, 6.45) is -0.360. The average Bonchev–Trinajstić information content (AvgIpc) is 2.46. The second-order valence-corrected chi connectivity index (χ2v) is 8.55. The molecule has 0 spiro atoms. The summed E-state index contributed by atoms with van der Waals surface area (Å²) in [6, 6.07) is 8.70. The second kappa shape index (κ2) is 6.06. The highest BCUT2D eigenvalue weighted by atomic mass is 35.5. The van der Waals surface area contributed by atoms with Crippen LogP contribution in [0.1, 0.15) is 34.8 Å². The van der Waals surface area contributed by atoms with Crippen molar-refractivity contribution in [2.24, 2.45) is 0 Å². The minimum Gasteiger partial charge on any atom is -0.388 e. The van der Waals surface area contributed by atoms with Gasteiger partial charge in [0, 0.05) is 17.1 Å². The molecular formula is C18H20ClNO3S. The quantitative estimate of drug-likeness (QED) is 0.878. The minimum absolute atomic E-state index is 0.241. The molecule has 24 heavy (non-hydrogen) atoms. The Morgan fingerprint density at radius 2 is 1.75 bits per heavy atom. The summed E-state index contributed by atoms with van der Waals surface area (Å²) in [7, 11) is -3.71. The second-order valence-electron chi connectivity index (χ2n) is 6.31. The number of sulfonamides is 1. The Morgan fingerprint density at radius 1 is 1.12 bits per heavy atom. The lowest BCUT2D eigenvalue weighted by molar-refractivity contribution is 0.166. The molecular weight excluding hydrogens is 346 g/mol. The van der Waals surface area contributed by atoms with E-state index in [9.17, 15) is 13.5 Å². The summed E-state index contributed by atoms with van der Waals surface area (Å²) in [6.45, 7) is 5.82. The first-order valence-electron chi connectivity index (χ1n) is 7.80. The summed E-state index contributed by atoms with van der Waals surface area (Å²) >= 11 is 6.01. The van der Waals surface area contributed by atoms with Crippen LogP contribution in [0, 0.1) is 20.8 Å². The molecule has 0 saturated carbocycles. The predicted octanol–water partition coefficient (Wildman–Crippen LogP) is 3.90. The lowest BCUT2D eigenvalue weighted by Gasteiger charge is -2.33. The molecule has 3 rings (SSSR count). The van der Waals surface area contributed by atoms with E-state index in [-0.39, 0.29) is 6.54 Å². The zero-order chi connectivity index (χ0) is 17.6. The largest absolute Gasteiger partial charge is 0.388 e. The number of hydrogen-bond acceptors (Lipinski definition) is 3. The van der Waals surface area contributed by atoms with Crippen LogP contribution < -0.4 is 4.31 Å². The molecule has 128 valence electrons. The maximum atomic E-state index is 13.3. The van der Waals surface area contributed by atoms with Crippen LogP contribution in [0.5, 0.6) is 0 Å². The Labute approximate surface area is 147 Å². The van der Waals surface area contributed by atoms with Gasteiger partial charge in [0.25, 0.3) is 10.0 Å². The molecule has 0 radical (unpaired) electrons. The van der Waals surface area contributed by atoms with E-state index >= 15 is 0 Å². The van der Waals surface area contributed by atoms with E-state index in [2.05, 4.69) is 0 Å². The van der Waals surface area contributed by atoms with Crippen molar-refractivity contribution >= 4 is 27.3 Å². The van der Waals surface area contributed by atoms with Gasteiger partial charge in [-0.1, -0.05) is 29.3 Å². The first kappa shape index (κ1) is 17.3. The molecule has 6 heteroatoms.